The normalized spacial score (nSPS) is 17.5. The van der Waals surface area contributed by atoms with Crippen LogP contribution < -0.4 is 16.8 Å². The predicted molar refractivity (Wildman–Crippen MR) is 117 cm³/mol. The van der Waals surface area contributed by atoms with Crippen LogP contribution in [0.15, 0.2) is 5.11 Å². The number of nitrogens with zero attached hydrogens (tertiary/aromatic N) is 7. The van der Waals surface area contributed by atoms with Crippen LogP contribution in [-0.2, 0) is 19.2 Å². The Morgan fingerprint density at radius 2 is 1.15 bits per heavy atom. The number of nitrogens with two attached hydrogens (primary N) is 2. The third-order valence-corrected chi connectivity index (χ3v) is 4.91. The summed E-state index contributed by atoms with van der Waals surface area (Å²) in [6, 6.07) is 0. The van der Waals surface area contributed by atoms with Crippen molar-refractivity contribution in [3.63, 3.8) is 0 Å². The molecule has 1 aliphatic heterocycles. The quantitative estimate of drug-likeness (QED) is 0.133. The van der Waals surface area contributed by atoms with E-state index in [-0.39, 0.29) is 84.5 Å². The van der Waals surface area contributed by atoms with Crippen LogP contribution in [0.25, 0.3) is 10.4 Å². The Labute approximate surface area is 225 Å². The van der Waals surface area contributed by atoms with Crippen molar-refractivity contribution >= 4 is 23.5 Å². The first kappa shape index (κ1) is 31.6. The summed E-state index contributed by atoms with van der Waals surface area (Å²) in [6.07, 6.45) is 0. The third kappa shape index (κ3) is 15.9. The van der Waals surface area contributed by atoms with Gasteiger partial charge in [-0.05, 0) is 12.5 Å². The maximum atomic E-state index is 12.2. The Hall–Kier alpha value is -1.45. The number of azide groups is 1. The Kier molecular flexibility index (Phi) is 17.2. The summed E-state index contributed by atoms with van der Waals surface area (Å²) in [4.78, 5) is 57.1. The molecular formula is C18H34GdN10O4. The molecule has 0 aromatic rings. The van der Waals surface area contributed by atoms with Gasteiger partial charge in [0.25, 0.3) is 0 Å². The van der Waals surface area contributed by atoms with Crippen LogP contribution in [0, 0.1) is 39.9 Å². The molecule has 1 saturated heterocycles. The van der Waals surface area contributed by atoms with Crippen LogP contribution >= 0.6 is 0 Å². The van der Waals surface area contributed by atoms with E-state index >= 15 is 0 Å². The van der Waals surface area contributed by atoms with Crippen LogP contribution in [0.2, 0.25) is 0 Å². The molecule has 0 aliphatic carbocycles. The van der Waals surface area contributed by atoms with Crippen LogP contribution in [0.4, 0.5) is 0 Å². The van der Waals surface area contributed by atoms with Crippen LogP contribution in [0.5, 0.6) is 0 Å². The molecule has 188 valence electrons. The van der Waals surface area contributed by atoms with Crippen LogP contribution in [0.1, 0.15) is 6.92 Å². The van der Waals surface area contributed by atoms with Crippen molar-refractivity contribution in [2.75, 3.05) is 85.2 Å². The molecule has 15 heteroatoms. The minimum atomic E-state index is -0.457. The average Bonchev–Trinajstić information content (AvgIpc) is 2.69. The number of nitrogens with one attached hydrogen (secondary N) is 1. The number of rotatable bonds is 10. The smallest absolute Gasteiger partial charge is 0.234 e. The summed E-state index contributed by atoms with van der Waals surface area (Å²) in [6.45, 7) is 5.88. The second-order valence-corrected chi connectivity index (χ2v) is 7.73. The summed E-state index contributed by atoms with van der Waals surface area (Å²) in [7, 11) is 0. The molecular weight excluding hydrogens is 578 g/mol. The maximum absolute atomic E-state index is 12.2. The second-order valence-electron chi connectivity index (χ2n) is 7.73. The van der Waals surface area contributed by atoms with E-state index < -0.39 is 11.8 Å². The van der Waals surface area contributed by atoms with Crippen LogP contribution in [0.3, 0.4) is 0 Å². The fraction of sp³-hybridized carbons (Fsp3) is 0.778. The number of carbonyl (C=O) groups is 4. The third-order valence-electron chi connectivity index (χ3n) is 4.91. The first-order valence-corrected chi connectivity index (χ1v) is 10.4. The summed E-state index contributed by atoms with van der Waals surface area (Å²) >= 11 is 0. The largest absolute Gasteiger partial charge is 0.369 e. The van der Waals surface area contributed by atoms with Gasteiger partial charge in [0.2, 0.25) is 17.7 Å². The van der Waals surface area contributed by atoms with E-state index in [1.54, 1.807) is 0 Å². The van der Waals surface area contributed by atoms with Gasteiger partial charge in [0.15, 0.2) is 0 Å². The number of Topliss-reactive ketones (excluding diaryl/α,β-unsaturated/α-hetero) is 1. The van der Waals surface area contributed by atoms with Crippen LogP contribution in [-0.4, -0.2) is 128 Å². The molecule has 0 spiro atoms. The Morgan fingerprint density at radius 1 is 0.788 bits per heavy atom. The number of amides is 3. The molecule has 14 nitrogen and oxygen atoms in total. The van der Waals surface area contributed by atoms with E-state index in [1.807, 2.05) is 19.6 Å². The molecule has 3 amide bonds. The zero-order chi connectivity index (χ0) is 23.9. The van der Waals surface area contributed by atoms with Gasteiger partial charge >= 0.3 is 0 Å². The van der Waals surface area contributed by atoms with E-state index in [2.05, 4.69) is 15.3 Å². The molecule has 0 saturated carbocycles. The minimum Gasteiger partial charge on any atom is -0.369 e. The van der Waals surface area contributed by atoms with Gasteiger partial charge in [-0.2, -0.15) is 0 Å². The predicted octanol–water partition coefficient (Wildman–Crippen LogP) is -2.85. The molecule has 0 aromatic heterocycles. The van der Waals surface area contributed by atoms with Crippen molar-refractivity contribution in [3.05, 3.63) is 10.4 Å². The van der Waals surface area contributed by atoms with Crippen molar-refractivity contribution in [2.45, 2.75) is 6.92 Å². The number of hydrogen-bond donors (Lipinski definition) is 3. The molecule has 0 bridgehead atoms. The van der Waals surface area contributed by atoms with Crippen molar-refractivity contribution < 1.29 is 59.1 Å². The molecule has 0 radical (unpaired) electrons. The monoisotopic (exact) mass is 612 g/mol. The van der Waals surface area contributed by atoms with E-state index in [0.717, 1.165) is 0 Å². The zero-order valence-corrected chi connectivity index (χ0v) is 21.2. The fourth-order valence-electron chi connectivity index (χ4n) is 3.38. The minimum absolute atomic E-state index is 0. The number of primary amides is 2. The first-order chi connectivity index (χ1) is 15.2. The average molecular weight is 612 g/mol. The van der Waals surface area contributed by atoms with Gasteiger partial charge in [-0.1, -0.05) is 5.11 Å². The topological polar surface area (TPSA) is 194 Å². The molecule has 0 aromatic carbocycles. The maximum Gasteiger partial charge on any atom is 0.234 e. The molecule has 5 N–H and O–H groups in total. The van der Waals surface area contributed by atoms with E-state index in [1.165, 1.54) is 6.92 Å². The number of ketones is 1. The SMILES string of the molecule is CC(=O)CN1CCN(CC(N)=O)CCN(CC(=O)NCN=[N+]=[N-])CCN(CC(N)=O)CC1.[Gd]. The molecule has 1 heterocycles. The molecule has 0 atom stereocenters. The number of carbonyl (C=O) groups excluding carboxylic acids is 4. The second kappa shape index (κ2) is 18.0. The molecule has 1 fully saturated rings. The van der Waals surface area contributed by atoms with Gasteiger partial charge in [0.1, 0.15) is 5.78 Å². The fourth-order valence-corrected chi connectivity index (χ4v) is 3.38. The Bertz CT molecular complexity index is 672. The van der Waals surface area contributed by atoms with Gasteiger partial charge < -0.3 is 16.8 Å². The van der Waals surface area contributed by atoms with Gasteiger partial charge in [-0.15, -0.1) is 0 Å². The van der Waals surface area contributed by atoms with E-state index in [9.17, 15) is 19.2 Å². The summed E-state index contributed by atoms with van der Waals surface area (Å²) < 4.78 is 0. The molecule has 1 aliphatic rings. The zero-order valence-electron chi connectivity index (χ0n) is 19.0. The molecule has 0 unspecified atom stereocenters. The van der Waals surface area contributed by atoms with Gasteiger partial charge in [-0.3, -0.25) is 38.8 Å². The van der Waals surface area contributed by atoms with Gasteiger partial charge in [0.05, 0.1) is 32.8 Å². The Balaban J connectivity index is 0.0000102. The van der Waals surface area contributed by atoms with E-state index in [4.69, 9.17) is 17.0 Å². The van der Waals surface area contributed by atoms with Gasteiger partial charge in [0, 0.05) is 97.2 Å². The first-order valence-electron chi connectivity index (χ1n) is 10.4. The van der Waals surface area contributed by atoms with Gasteiger partial charge in [-0.25, -0.2) is 0 Å². The van der Waals surface area contributed by atoms with Crippen molar-refractivity contribution in [1.29, 1.82) is 0 Å². The van der Waals surface area contributed by atoms with Crippen molar-refractivity contribution in [2.24, 2.45) is 16.6 Å². The Morgan fingerprint density at radius 3 is 1.48 bits per heavy atom. The molecule has 33 heavy (non-hydrogen) atoms. The standard InChI is InChI=1S/C18H34N10O4.Gd/c1-15(29)10-25-2-4-26(11-16(19)30)6-8-28(13-18(32)22-14-23-24-21)9-7-27(5-3-25)12-17(20)31;/h2-14H2,1H3,(H2,19,30)(H2,20,31)(H,22,32);. The van der Waals surface area contributed by atoms with Crippen molar-refractivity contribution in [3.8, 4) is 0 Å². The van der Waals surface area contributed by atoms with Crippen molar-refractivity contribution in [1.82, 2.24) is 24.9 Å². The summed E-state index contributed by atoms with van der Waals surface area (Å²) in [5.74, 6) is -1.19. The molecule has 1 rings (SSSR count). The summed E-state index contributed by atoms with van der Waals surface area (Å²) in [5.41, 5.74) is 19.1. The summed E-state index contributed by atoms with van der Waals surface area (Å²) in [5, 5.41) is 5.80. The van der Waals surface area contributed by atoms with E-state index in [0.29, 0.717) is 52.4 Å². The number of hydrogen-bond acceptors (Lipinski definition) is 9.